The molecule has 1 fully saturated rings. The molecule has 1 unspecified atom stereocenters. The van der Waals surface area contributed by atoms with E-state index in [0.29, 0.717) is 26.3 Å². The van der Waals surface area contributed by atoms with Crippen LogP contribution >= 0.6 is 0 Å². The number of aryl methyl sites for hydroxylation is 2. The average Bonchev–Trinajstić information content (AvgIpc) is 3.26. The summed E-state index contributed by atoms with van der Waals surface area (Å²) in [6.45, 7) is 3.75. The van der Waals surface area contributed by atoms with Crippen molar-refractivity contribution in [3.05, 3.63) is 35.1 Å². The van der Waals surface area contributed by atoms with Gasteiger partial charge in [0.05, 0.1) is 25.9 Å². The first-order valence-corrected chi connectivity index (χ1v) is 9.19. The SMILES string of the molecule is CC(OC(=O)Cc1coc2cc3c(cc12)CCC3)C(=O)N1CCOCC1. The molecule has 1 aliphatic heterocycles. The van der Waals surface area contributed by atoms with Gasteiger partial charge in [0.15, 0.2) is 6.10 Å². The van der Waals surface area contributed by atoms with E-state index in [0.717, 1.165) is 29.4 Å². The Kier molecular flexibility index (Phi) is 4.68. The summed E-state index contributed by atoms with van der Waals surface area (Å²) >= 11 is 0. The first-order chi connectivity index (χ1) is 12.6. The van der Waals surface area contributed by atoms with Crippen LogP contribution in [0.5, 0.6) is 0 Å². The molecule has 1 aromatic heterocycles. The monoisotopic (exact) mass is 357 g/mol. The summed E-state index contributed by atoms with van der Waals surface area (Å²) in [5.41, 5.74) is 4.30. The lowest BCUT2D eigenvalue weighted by Gasteiger charge is -2.28. The highest BCUT2D eigenvalue weighted by molar-refractivity contribution is 5.88. The summed E-state index contributed by atoms with van der Waals surface area (Å²) in [4.78, 5) is 26.4. The molecular weight excluding hydrogens is 334 g/mol. The molecule has 6 heteroatoms. The van der Waals surface area contributed by atoms with Crippen LogP contribution in [0.4, 0.5) is 0 Å². The molecule has 0 bridgehead atoms. The molecule has 0 radical (unpaired) electrons. The summed E-state index contributed by atoms with van der Waals surface area (Å²) in [7, 11) is 0. The first-order valence-electron chi connectivity index (χ1n) is 9.19. The summed E-state index contributed by atoms with van der Waals surface area (Å²) in [5.74, 6) is -0.584. The minimum atomic E-state index is -0.789. The maximum absolute atomic E-state index is 12.4. The van der Waals surface area contributed by atoms with Gasteiger partial charge in [0, 0.05) is 24.0 Å². The lowest BCUT2D eigenvalue weighted by Crippen LogP contribution is -2.46. The smallest absolute Gasteiger partial charge is 0.311 e. The molecule has 0 spiro atoms. The van der Waals surface area contributed by atoms with E-state index in [1.54, 1.807) is 18.1 Å². The molecule has 26 heavy (non-hydrogen) atoms. The van der Waals surface area contributed by atoms with E-state index in [4.69, 9.17) is 13.9 Å². The van der Waals surface area contributed by atoms with Crippen LogP contribution in [0.25, 0.3) is 11.0 Å². The molecule has 0 saturated carbocycles. The lowest BCUT2D eigenvalue weighted by atomic mass is 10.0. The Morgan fingerprint density at radius 3 is 2.69 bits per heavy atom. The number of esters is 1. The third-order valence-electron chi connectivity index (χ3n) is 5.18. The van der Waals surface area contributed by atoms with Gasteiger partial charge in [-0.25, -0.2) is 0 Å². The van der Waals surface area contributed by atoms with Gasteiger partial charge in [-0.1, -0.05) is 0 Å². The van der Waals surface area contributed by atoms with Crippen LogP contribution in [-0.4, -0.2) is 49.2 Å². The van der Waals surface area contributed by atoms with Crippen LogP contribution in [0.3, 0.4) is 0 Å². The number of fused-ring (bicyclic) bond motifs is 2. The predicted molar refractivity (Wildman–Crippen MR) is 94.9 cm³/mol. The van der Waals surface area contributed by atoms with Crippen LogP contribution in [0.1, 0.15) is 30.0 Å². The van der Waals surface area contributed by atoms with Crippen molar-refractivity contribution in [2.75, 3.05) is 26.3 Å². The molecule has 138 valence electrons. The van der Waals surface area contributed by atoms with E-state index in [-0.39, 0.29) is 12.3 Å². The number of hydrogen-bond acceptors (Lipinski definition) is 5. The molecule has 2 aromatic rings. The number of rotatable bonds is 4. The van der Waals surface area contributed by atoms with E-state index >= 15 is 0 Å². The van der Waals surface area contributed by atoms with Crippen molar-refractivity contribution in [1.29, 1.82) is 0 Å². The second-order valence-electron chi connectivity index (χ2n) is 6.98. The van der Waals surface area contributed by atoms with Gasteiger partial charge < -0.3 is 18.8 Å². The summed E-state index contributed by atoms with van der Waals surface area (Å²) < 4.78 is 16.2. The standard InChI is InChI=1S/C20H23NO5/c1-13(20(23)21-5-7-24-8-6-21)26-19(22)11-16-12-25-18-10-15-4-2-3-14(15)9-17(16)18/h9-10,12-13H,2-8,11H2,1H3. The Balaban J connectivity index is 1.41. The number of benzene rings is 1. The summed E-state index contributed by atoms with van der Waals surface area (Å²) in [6.07, 6.45) is 4.27. The van der Waals surface area contributed by atoms with E-state index < -0.39 is 12.1 Å². The largest absolute Gasteiger partial charge is 0.464 e. The van der Waals surface area contributed by atoms with Crippen LogP contribution in [-0.2, 0) is 38.3 Å². The van der Waals surface area contributed by atoms with Crippen LogP contribution in [0.15, 0.2) is 22.8 Å². The minimum absolute atomic E-state index is 0.104. The second-order valence-corrected chi connectivity index (χ2v) is 6.98. The maximum Gasteiger partial charge on any atom is 0.311 e. The molecule has 2 aliphatic rings. The number of amides is 1. The third-order valence-corrected chi connectivity index (χ3v) is 5.18. The number of carbonyl (C=O) groups is 2. The molecule has 4 rings (SSSR count). The van der Waals surface area contributed by atoms with Crippen LogP contribution in [0.2, 0.25) is 0 Å². The lowest BCUT2D eigenvalue weighted by molar-refractivity contribution is -0.160. The highest BCUT2D eigenvalue weighted by Crippen LogP contribution is 2.30. The number of nitrogens with zero attached hydrogens (tertiary/aromatic N) is 1. The maximum atomic E-state index is 12.4. The van der Waals surface area contributed by atoms with E-state index in [1.807, 2.05) is 0 Å². The van der Waals surface area contributed by atoms with Gasteiger partial charge in [0.25, 0.3) is 5.91 Å². The normalized spacial score (nSPS) is 18.0. The number of hydrogen-bond donors (Lipinski definition) is 0. The van der Waals surface area contributed by atoms with Crippen molar-refractivity contribution in [3.63, 3.8) is 0 Å². The molecule has 1 saturated heterocycles. The molecule has 1 amide bonds. The molecule has 0 N–H and O–H groups in total. The van der Waals surface area contributed by atoms with E-state index in [9.17, 15) is 9.59 Å². The Morgan fingerprint density at radius 2 is 1.92 bits per heavy atom. The van der Waals surface area contributed by atoms with Gasteiger partial charge in [-0.2, -0.15) is 0 Å². The van der Waals surface area contributed by atoms with E-state index in [1.165, 1.54) is 17.5 Å². The summed E-state index contributed by atoms with van der Waals surface area (Å²) in [5, 5.41) is 0.967. The number of carbonyl (C=O) groups excluding carboxylic acids is 2. The number of morpholine rings is 1. The van der Waals surface area contributed by atoms with Crippen molar-refractivity contribution < 1.29 is 23.5 Å². The van der Waals surface area contributed by atoms with Crippen molar-refractivity contribution in [1.82, 2.24) is 4.90 Å². The zero-order valence-corrected chi connectivity index (χ0v) is 15.0. The van der Waals surface area contributed by atoms with Crippen molar-refractivity contribution in [3.8, 4) is 0 Å². The zero-order valence-electron chi connectivity index (χ0n) is 15.0. The van der Waals surface area contributed by atoms with Gasteiger partial charge in [0.1, 0.15) is 5.58 Å². The fourth-order valence-corrected chi connectivity index (χ4v) is 3.77. The Morgan fingerprint density at radius 1 is 1.19 bits per heavy atom. The van der Waals surface area contributed by atoms with Crippen LogP contribution < -0.4 is 0 Å². The number of furan rings is 1. The predicted octanol–water partition coefficient (Wildman–Crippen LogP) is 2.25. The number of ether oxygens (including phenoxy) is 2. The highest BCUT2D eigenvalue weighted by atomic mass is 16.5. The fraction of sp³-hybridized carbons (Fsp3) is 0.500. The Labute approximate surface area is 152 Å². The minimum Gasteiger partial charge on any atom is -0.464 e. The fourth-order valence-electron chi connectivity index (χ4n) is 3.77. The average molecular weight is 357 g/mol. The van der Waals surface area contributed by atoms with Gasteiger partial charge in [-0.15, -0.1) is 0 Å². The third kappa shape index (κ3) is 3.33. The quantitative estimate of drug-likeness (QED) is 0.785. The van der Waals surface area contributed by atoms with Gasteiger partial charge in [-0.05, 0) is 49.4 Å². The van der Waals surface area contributed by atoms with Gasteiger partial charge in [0.2, 0.25) is 0 Å². The van der Waals surface area contributed by atoms with Gasteiger partial charge >= 0.3 is 5.97 Å². The molecule has 6 nitrogen and oxygen atoms in total. The van der Waals surface area contributed by atoms with E-state index in [2.05, 4.69) is 12.1 Å². The van der Waals surface area contributed by atoms with Gasteiger partial charge in [-0.3, -0.25) is 9.59 Å². The molecular formula is C20H23NO5. The molecule has 1 atom stereocenters. The molecule has 1 aromatic carbocycles. The summed E-state index contributed by atoms with van der Waals surface area (Å²) in [6, 6.07) is 4.21. The van der Waals surface area contributed by atoms with Crippen LogP contribution in [0, 0.1) is 0 Å². The Bertz CT molecular complexity index is 834. The molecule has 1 aliphatic carbocycles. The first kappa shape index (κ1) is 17.1. The zero-order chi connectivity index (χ0) is 18.1. The highest BCUT2D eigenvalue weighted by Gasteiger charge is 2.26. The molecule has 2 heterocycles. The van der Waals surface area contributed by atoms with Crippen molar-refractivity contribution in [2.45, 2.75) is 38.7 Å². The topological polar surface area (TPSA) is 69.0 Å². The Hall–Kier alpha value is -2.34. The van der Waals surface area contributed by atoms with Crippen molar-refractivity contribution >= 4 is 22.8 Å². The van der Waals surface area contributed by atoms with Crippen molar-refractivity contribution in [2.24, 2.45) is 0 Å². The second kappa shape index (κ2) is 7.11.